The molecule has 1 saturated carbocycles. The van der Waals surface area contributed by atoms with Crippen molar-refractivity contribution in [3.05, 3.63) is 17.7 Å². The summed E-state index contributed by atoms with van der Waals surface area (Å²) < 4.78 is 22.3. The smallest absolute Gasteiger partial charge is 0.203 e. The van der Waals surface area contributed by atoms with Crippen molar-refractivity contribution < 1.29 is 18.9 Å². The van der Waals surface area contributed by atoms with Gasteiger partial charge in [-0.3, -0.25) is 4.99 Å². The summed E-state index contributed by atoms with van der Waals surface area (Å²) in [4.78, 5) is 4.29. The maximum Gasteiger partial charge on any atom is 0.203 e. The van der Waals surface area contributed by atoms with Gasteiger partial charge in [0.1, 0.15) is 0 Å². The van der Waals surface area contributed by atoms with Gasteiger partial charge in [0.2, 0.25) is 5.75 Å². The van der Waals surface area contributed by atoms with Gasteiger partial charge in [-0.25, -0.2) is 0 Å². The Balaban J connectivity index is 0.00000450. The largest absolute Gasteiger partial charge is 0.493 e. The molecule has 8 heteroatoms. The average molecular weight is 535 g/mol. The second kappa shape index (κ2) is 15.4. The fourth-order valence-corrected chi connectivity index (χ4v) is 3.66. The Morgan fingerprint density at radius 2 is 1.67 bits per heavy atom. The van der Waals surface area contributed by atoms with Gasteiger partial charge in [-0.15, -0.1) is 24.0 Å². The third kappa shape index (κ3) is 8.37. The van der Waals surface area contributed by atoms with E-state index in [1.165, 1.54) is 32.1 Å². The maximum absolute atomic E-state index is 5.97. The van der Waals surface area contributed by atoms with Gasteiger partial charge in [0.15, 0.2) is 17.5 Å². The molecule has 1 aromatic carbocycles. The fourth-order valence-electron chi connectivity index (χ4n) is 3.66. The molecule has 0 bridgehead atoms. The van der Waals surface area contributed by atoms with E-state index < -0.39 is 0 Å². The number of halogens is 1. The molecule has 1 aliphatic rings. The van der Waals surface area contributed by atoms with Gasteiger partial charge in [0, 0.05) is 32.3 Å². The highest BCUT2D eigenvalue weighted by atomic mass is 127. The fraction of sp³-hybridized carbons (Fsp3) is 0.682. The number of guanidine groups is 1. The molecule has 30 heavy (non-hydrogen) atoms. The van der Waals surface area contributed by atoms with Gasteiger partial charge in [-0.2, -0.15) is 0 Å². The predicted molar refractivity (Wildman–Crippen MR) is 132 cm³/mol. The van der Waals surface area contributed by atoms with Crippen LogP contribution in [0.3, 0.4) is 0 Å². The number of aliphatic imine (C=N–C) groups is 1. The van der Waals surface area contributed by atoms with Crippen molar-refractivity contribution in [3.8, 4) is 17.2 Å². The molecule has 0 spiro atoms. The molecule has 0 unspecified atom stereocenters. The first kappa shape index (κ1) is 26.6. The van der Waals surface area contributed by atoms with E-state index in [0.29, 0.717) is 23.4 Å². The zero-order chi connectivity index (χ0) is 20.9. The highest BCUT2D eigenvalue weighted by Crippen LogP contribution is 2.39. The lowest BCUT2D eigenvalue weighted by Crippen LogP contribution is -2.39. The normalized spacial score (nSPS) is 14.6. The molecule has 2 N–H and O–H groups in total. The van der Waals surface area contributed by atoms with E-state index in [4.69, 9.17) is 18.9 Å². The molecule has 1 fully saturated rings. The lowest BCUT2D eigenvalue weighted by Gasteiger charge is -2.22. The summed E-state index contributed by atoms with van der Waals surface area (Å²) in [7, 11) is 6.66. The lowest BCUT2D eigenvalue weighted by atomic mass is 9.98. The van der Waals surface area contributed by atoms with Crippen LogP contribution in [0.4, 0.5) is 0 Å². The topological polar surface area (TPSA) is 73.3 Å². The third-order valence-corrected chi connectivity index (χ3v) is 5.22. The van der Waals surface area contributed by atoms with E-state index in [1.54, 1.807) is 28.4 Å². The molecule has 0 atom stereocenters. The van der Waals surface area contributed by atoms with Crippen molar-refractivity contribution >= 4 is 29.9 Å². The van der Waals surface area contributed by atoms with E-state index in [-0.39, 0.29) is 24.0 Å². The molecule has 0 heterocycles. The predicted octanol–water partition coefficient (Wildman–Crippen LogP) is 3.78. The van der Waals surface area contributed by atoms with Crippen molar-refractivity contribution in [3.63, 3.8) is 0 Å². The summed E-state index contributed by atoms with van der Waals surface area (Å²) in [6, 6.07) is 3.90. The summed E-state index contributed by atoms with van der Waals surface area (Å²) in [5.41, 5.74) is 1.05. The molecule has 0 aliphatic heterocycles. The summed E-state index contributed by atoms with van der Waals surface area (Å²) in [6.07, 6.45) is 8.63. The molecule has 7 nitrogen and oxygen atoms in total. The van der Waals surface area contributed by atoms with Crippen LogP contribution in [0, 0.1) is 0 Å². The van der Waals surface area contributed by atoms with Crippen LogP contribution in [0.2, 0.25) is 0 Å². The summed E-state index contributed by atoms with van der Waals surface area (Å²) in [5, 5.41) is 6.69. The van der Waals surface area contributed by atoms with Crippen LogP contribution in [0.25, 0.3) is 0 Å². The van der Waals surface area contributed by atoms with E-state index in [9.17, 15) is 0 Å². The SMILES string of the molecule is CN=C(NCCCOC1CCCCC1)NCCc1ccc(OC)c(OC)c1OC.I. The number of hydrogen-bond acceptors (Lipinski definition) is 5. The van der Waals surface area contributed by atoms with Crippen molar-refractivity contribution in [1.29, 1.82) is 0 Å². The summed E-state index contributed by atoms with van der Waals surface area (Å²) in [6.45, 7) is 2.37. The number of hydrogen-bond donors (Lipinski definition) is 2. The molecule has 2 rings (SSSR count). The number of nitrogens with zero attached hydrogens (tertiary/aromatic N) is 1. The minimum Gasteiger partial charge on any atom is -0.493 e. The van der Waals surface area contributed by atoms with Crippen LogP contribution in [-0.4, -0.2) is 60.1 Å². The van der Waals surface area contributed by atoms with Crippen molar-refractivity contribution in [2.45, 2.75) is 51.0 Å². The van der Waals surface area contributed by atoms with Crippen LogP contribution in [-0.2, 0) is 11.2 Å². The van der Waals surface area contributed by atoms with Gasteiger partial charge in [0.05, 0.1) is 27.4 Å². The van der Waals surface area contributed by atoms with Gasteiger partial charge in [-0.05, 0) is 31.7 Å². The molecule has 172 valence electrons. The molecule has 0 saturated heterocycles. The summed E-state index contributed by atoms with van der Waals surface area (Å²) >= 11 is 0. The lowest BCUT2D eigenvalue weighted by molar-refractivity contribution is 0.0277. The highest BCUT2D eigenvalue weighted by molar-refractivity contribution is 14.0. The Hall–Kier alpha value is -1.42. The first-order valence-electron chi connectivity index (χ1n) is 10.6. The van der Waals surface area contributed by atoms with Gasteiger partial charge < -0.3 is 29.6 Å². The minimum atomic E-state index is 0. The van der Waals surface area contributed by atoms with Crippen LogP contribution in [0.1, 0.15) is 44.1 Å². The van der Waals surface area contributed by atoms with E-state index in [1.807, 2.05) is 12.1 Å². The average Bonchev–Trinajstić information content (AvgIpc) is 2.77. The Labute approximate surface area is 198 Å². The second-order valence-electron chi connectivity index (χ2n) is 7.15. The van der Waals surface area contributed by atoms with Crippen molar-refractivity contribution in [1.82, 2.24) is 10.6 Å². The molecule has 0 aromatic heterocycles. The standard InChI is InChI=1S/C22H37N3O4.HI/c1-23-22(24-14-8-16-29-18-9-6-5-7-10-18)25-15-13-17-11-12-19(26-2)21(28-4)20(17)27-3;/h11-12,18H,5-10,13-16H2,1-4H3,(H2,23,24,25);1H. The summed E-state index contributed by atoms with van der Waals surface area (Å²) in [5.74, 6) is 2.78. The highest BCUT2D eigenvalue weighted by Gasteiger charge is 2.16. The first-order valence-corrected chi connectivity index (χ1v) is 10.6. The monoisotopic (exact) mass is 535 g/mol. The number of rotatable bonds is 11. The van der Waals surface area contributed by atoms with Crippen LogP contribution < -0.4 is 24.8 Å². The Morgan fingerprint density at radius 3 is 2.30 bits per heavy atom. The quantitative estimate of drug-likeness (QED) is 0.195. The number of benzene rings is 1. The molecule has 0 radical (unpaired) electrons. The number of methoxy groups -OCH3 is 3. The molecule has 0 amide bonds. The zero-order valence-electron chi connectivity index (χ0n) is 18.8. The van der Waals surface area contributed by atoms with Crippen LogP contribution in [0.5, 0.6) is 17.2 Å². The molecule has 1 aromatic rings. The van der Waals surface area contributed by atoms with Crippen molar-refractivity contribution in [2.75, 3.05) is 48.1 Å². The van der Waals surface area contributed by atoms with Gasteiger partial charge in [-0.1, -0.05) is 25.3 Å². The van der Waals surface area contributed by atoms with Crippen molar-refractivity contribution in [2.24, 2.45) is 4.99 Å². The molecular weight excluding hydrogens is 497 g/mol. The molecular formula is C22H38IN3O4. The van der Waals surface area contributed by atoms with Crippen LogP contribution in [0.15, 0.2) is 17.1 Å². The maximum atomic E-state index is 5.97. The van der Waals surface area contributed by atoms with E-state index in [2.05, 4.69) is 15.6 Å². The Kier molecular flexibility index (Phi) is 13.7. The Morgan fingerprint density at radius 1 is 0.967 bits per heavy atom. The van der Waals surface area contributed by atoms with E-state index in [0.717, 1.165) is 44.1 Å². The van der Waals surface area contributed by atoms with Gasteiger partial charge in [0.25, 0.3) is 0 Å². The zero-order valence-corrected chi connectivity index (χ0v) is 21.1. The Bertz CT molecular complexity index is 637. The second-order valence-corrected chi connectivity index (χ2v) is 7.15. The first-order chi connectivity index (χ1) is 14.2. The molecule has 1 aliphatic carbocycles. The number of nitrogens with one attached hydrogen (secondary N) is 2. The minimum absolute atomic E-state index is 0. The van der Waals surface area contributed by atoms with Gasteiger partial charge >= 0.3 is 0 Å². The third-order valence-electron chi connectivity index (χ3n) is 5.22. The van der Waals surface area contributed by atoms with E-state index >= 15 is 0 Å². The number of ether oxygens (including phenoxy) is 4. The van der Waals surface area contributed by atoms with Crippen LogP contribution >= 0.6 is 24.0 Å².